The number of rotatable bonds is 3. The van der Waals surface area contributed by atoms with Gasteiger partial charge in [-0.15, -0.1) is 24.2 Å². The fourth-order valence-corrected chi connectivity index (χ4v) is 4.31. The fourth-order valence-electron chi connectivity index (χ4n) is 3.41. The lowest BCUT2D eigenvalue weighted by Crippen LogP contribution is -2.42. The first-order valence-electron chi connectivity index (χ1n) is 8.86. The molecule has 0 spiro atoms. The van der Waals surface area contributed by atoms with E-state index in [-0.39, 0.29) is 24.4 Å². The number of halogens is 1. The lowest BCUT2D eigenvalue weighted by atomic mass is 10.1. The van der Waals surface area contributed by atoms with Crippen molar-refractivity contribution in [1.82, 2.24) is 20.6 Å². The molecular formula is C18H24ClN5OS. The monoisotopic (exact) mass is 393 g/mol. The van der Waals surface area contributed by atoms with Crippen LogP contribution in [0.25, 0.3) is 11.0 Å². The number of aromatic nitrogens is 2. The number of hydrogen-bond acceptors (Lipinski definition) is 5. The van der Waals surface area contributed by atoms with Crippen LogP contribution in [0.2, 0.25) is 0 Å². The van der Waals surface area contributed by atoms with E-state index in [4.69, 9.17) is 0 Å². The van der Waals surface area contributed by atoms with E-state index in [2.05, 4.69) is 25.5 Å². The summed E-state index contributed by atoms with van der Waals surface area (Å²) in [6.45, 7) is 2.80. The Morgan fingerprint density at radius 1 is 1.35 bits per heavy atom. The molecule has 3 N–H and O–H groups in total. The molecule has 0 radical (unpaired) electrons. The van der Waals surface area contributed by atoms with Gasteiger partial charge >= 0.3 is 0 Å². The van der Waals surface area contributed by atoms with Gasteiger partial charge in [0.2, 0.25) is 0 Å². The zero-order chi connectivity index (χ0) is 17.1. The second kappa shape index (κ2) is 8.79. The maximum Gasteiger partial charge on any atom is 0.259 e. The van der Waals surface area contributed by atoms with Crippen LogP contribution in [0.15, 0.2) is 35.6 Å². The molecule has 26 heavy (non-hydrogen) atoms. The average molecular weight is 394 g/mol. The Morgan fingerprint density at radius 2 is 2.27 bits per heavy atom. The number of anilines is 1. The second-order valence-corrected chi connectivity index (χ2v) is 7.61. The van der Waals surface area contributed by atoms with Crippen molar-refractivity contribution in [3.05, 3.63) is 35.6 Å². The van der Waals surface area contributed by atoms with Crippen molar-refractivity contribution in [2.24, 2.45) is 0 Å². The van der Waals surface area contributed by atoms with Crippen molar-refractivity contribution in [1.29, 1.82) is 0 Å². The Kier molecular flexibility index (Phi) is 6.45. The molecular weight excluding hydrogens is 370 g/mol. The number of pyridine rings is 1. The Balaban J connectivity index is 0.00000196. The van der Waals surface area contributed by atoms with Crippen molar-refractivity contribution in [3.8, 4) is 0 Å². The molecule has 4 heterocycles. The lowest BCUT2D eigenvalue weighted by molar-refractivity contribution is -0.117. The minimum absolute atomic E-state index is 0. The van der Waals surface area contributed by atoms with Gasteiger partial charge in [-0.2, -0.15) is 0 Å². The number of H-pyrrole nitrogens is 1. The van der Waals surface area contributed by atoms with E-state index in [0.717, 1.165) is 53.4 Å². The Morgan fingerprint density at radius 3 is 3.19 bits per heavy atom. The average Bonchev–Trinajstić information content (AvgIpc) is 2.99. The van der Waals surface area contributed by atoms with Gasteiger partial charge in [0, 0.05) is 48.9 Å². The fraction of sp³-hybridized carbons (Fsp3) is 0.444. The normalized spacial score (nSPS) is 20.8. The summed E-state index contributed by atoms with van der Waals surface area (Å²) in [6, 6.07) is 4.27. The van der Waals surface area contributed by atoms with Crippen LogP contribution < -0.4 is 15.5 Å². The van der Waals surface area contributed by atoms with Gasteiger partial charge < -0.3 is 20.5 Å². The molecule has 1 atom stereocenters. The summed E-state index contributed by atoms with van der Waals surface area (Å²) >= 11 is 1.63. The molecule has 2 aliphatic rings. The first-order valence-corrected chi connectivity index (χ1v) is 9.85. The second-order valence-electron chi connectivity index (χ2n) is 6.48. The first-order chi connectivity index (χ1) is 12.3. The molecule has 0 saturated carbocycles. The molecule has 4 rings (SSSR count). The summed E-state index contributed by atoms with van der Waals surface area (Å²) in [5.41, 5.74) is 1.97. The maximum atomic E-state index is 12.7. The van der Waals surface area contributed by atoms with E-state index in [1.165, 1.54) is 12.8 Å². The molecule has 1 saturated heterocycles. The molecule has 1 amide bonds. The van der Waals surface area contributed by atoms with E-state index in [0.29, 0.717) is 0 Å². The highest BCUT2D eigenvalue weighted by Crippen LogP contribution is 2.30. The molecule has 2 aromatic rings. The van der Waals surface area contributed by atoms with Crippen molar-refractivity contribution < 1.29 is 4.79 Å². The van der Waals surface area contributed by atoms with Crippen LogP contribution in [-0.2, 0) is 4.79 Å². The first kappa shape index (κ1) is 19.1. The Hall–Kier alpha value is -1.70. The summed E-state index contributed by atoms with van der Waals surface area (Å²) in [6.07, 6.45) is 9.09. The third-order valence-electron chi connectivity index (χ3n) is 4.72. The largest absolute Gasteiger partial charge is 0.348 e. The molecule has 2 aromatic heterocycles. The van der Waals surface area contributed by atoms with Crippen molar-refractivity contribution in [2.45, 2.75) is 25.3 Å². The maximum absolute atomic E-state index is 12.7. The van der Waals surface area contributed by atoms with Gasteiger partial charge in [-0.05, 0) is 31.5 Å². The molecule has 0 bridgehead atoms. The Bertz CT molecular complexity index is 785. The van der Waals surface area contributed by atoms with Gasteiger partial charge in [0.15, 0.2) is 0 Å². The number of nitrogens with one attached hydrogen (secondary N) is 3. The minimum atomic E-state index is 0. The van der Waals surface area contributed by atoms with Crippen molar-refractivity contribution in [3.63, 3.8) is 0 Å². The molecule has 1 fully saturated rings. The zero-order valence-corrected chi connectivity index (χ0v) is 16.2. The summed E-state index contributed by atoms with van der Waals surface area (Å²) in [4.78, 5) is 23.1. The van der Waals surface area contributed by atoms with Crippen LogP contribution in [0.3, 0.4) is 0 Å². The highest BCUT2D eigenvalue weighted by Gasteiger charge is 2.22. The SMILES string of the molecule is Cl.O=C(N[C@@H]1CCCCNC1)C1=CN(c2ccnc3[nH]ccc23)CCS1. The van der Waals surface area contributed by atoms with Crippen molar-refractivity contribution >= 4 is 46.8 Å². The van der Waals surface area contributed by atoms with E-state index in [1.54, 1.807) is 18.0 Å². The van der Waals surface area contributed by atoms with Gasteiger partial charge in [-0.1, -0.05) is 6.42 Å². The van der Waals surface area contributed by atoms with Crippen LogP contribution in [-0.4, -0.2) is 47.3 Å². The van der Waals surface area contributed by atoms with Gasteiger partial charge in [0.05, 0.1) is 10.6 Å². The molecule has 2 aliphatic heterocycles. The van der Waals surface area contributed by atoms with Crippen LogP contribution in [0.4, 0.5) is 5.69 Å². The molecule has 6 nitrogen and oxygen atoms in total. The van der Waals surface area contributed by atoms with Crippen molar-refractivity contribution in [2.75, 3.05) is 30.3 Å². The third-order valence-corrected chi connectivity index (χ3v) is 5.70. The summed E-state index contributed by atoms with van der Waals surface area (Å²) in [5.74, 6) is 0.943. The van der Waals surface area contributed by atoms with E-state index >= 15 is 0 Å². The number of nitrogens with zero attached hydrogens (tertiary/aromatic N) is 2. The standard InChI is InChI=1S/C18H23N5OS.ClH/c24-18(22-13-3-1-2-6-19-11-13)16-12-23(9-10-25-16)15-5-8-21-17-14(15)4-7-20-17;/h4-5,7-8,12-13,19H,1-3,6,9-11H2,(H,20,21)(H,22,24);1H/t13-;/m1./s1. The van der Waals surface area contributed by atoms with Gasteiger partial charge in [0.25, 0.3) is 5.91 Å². The number of carbonyl (C=O) groups excluding carboxylic acids is 1. The van der Waals surface area contributed by atoms with Gasteiger partial charge in [0.1, 0.15) is 5.65 Å². The molecule has 8 heteroatoms. The Labute approximate surface area is 163 Å². The number of amides is 1. The number of carbonyl (C=O) groups is 1. The van der Waals surface area contributed by atoms with Gasteiger partial charge in [-0.25, -0.2) is 4.98 Å². The van der Waals surface area contributed by atoms with E-state index < -0.39 is 0 Å². The number of hydrogen-bond donors (Lipinski definition) is 3. The summed E-state index contributed by atoms with van der Waals surface area (Å²) < 4.78 is 0. The molecule has 140 valence electrons. The topological polar surface area (TPSA) is 73.1 Å². The quantitative estimate of drug-likeness (QED) is 0.747. The minimum Gasteiger partial charge on any atom is -0.348 e. The van der Waals surface area contributed by atoms with E-state index in [9.17, 15) is 4.79 Å². The predicted octanol–water partition coefficient (Wildman–Crippen LogP) is 2.64. The smallest absolute Gasteiger partial charge is 0.259 e. The number of aromatic amines is 1. The number of fused-ring (bicyclic) bond motifs is 1. The van der Waals surface area contributed by atoms with Crippen LogP contribution >= 0.6 is 24.2 Å². The highest BCUT2D eigenvalue weighted by atomic mass is 35.5. The lowest BCUT2D eigenvalue weighted by Gasteiger charge is -2.27. The highest BCUT2D eigenvalue weighted by molar-refractivity contribution is 8.04. The van der Waals surface area contributed by atoms with Crippen LogP contribution in [0.1, 0.15) is 19.3 Å². The predicted molar refractivity (Wildman–Crippen MR) is 110 cm³/mol. The number of thioether (sulfide) groups is 1. The van der Waals surface area contributed by atoms with Gasteiger partial charge in [-0.3, -0.25) is 4.79 Å². The zero-order valence-electron chi connectivity index (χ0n) is 14.5. The van der Waals surface area contributed by atoms with Crippen LogP contribution in [0.5, 0.6) is 0 Å². The molecule has 0 unspecified atom stereocenters. The molecule has 0 aliphatic carbocycles. The summed E-state index contributed by atoms with van der Waals surface area (Å²) in [7, 11) is 0. The van der Waals surface area contributed by atoms with E-state index in [1.807, 2.05) is 24.5 Å². The molecule has 0 aromatic carbocycles. The summed E-state index contributed by atoms with van der Waals surface area (Å²) in [5, 5.41) is 7.67. The third kappa shape index (κ3) is 4.16. The van der Waals surface area contributed by atoms with Crippen LogP contribution in [0, 0.1) is 0 Å².